The number of aliphatic hydroxyl groups is 9. The highest BCUT2D eigenvalue weighted by molar-refractivity contribution is 5.88. The molecule has 0 unspecified atom stereocenters. The van der Waals surface area contributed by atoms with E-state index in [1.165, 1.54) is 0 Å². The third kappa shape index (κ3) is 22.5. The van der Waals surface area contributed by atoms with Gasteiger partial charge in [0, 0.05) is 18.4 Å². The van der Waals surface area contributed by atoms with Crippen LogP contribution in [0.5, 0.6) is 0 Å². The summed E-state index contributed by atoms with van der Waals surface area (Å²) in [6.07, 6.45) is 5.24. The summed E-state index contributed by atoms with van der Waals surface area (Å²) in [6, 6.07) is 0. The maximum absolute atomic E-state index is 12.8. The van der Waals surface area contributed by atoms with Crippen molar-refractivity contribution in [2.75, 3.05) is 0 Å². The molecule has 298 valence electrons. The second-order valence-corrected chi connectivity index (χ2v) is 14.8. The van der Waals surface area contributed by atoms with E-state index in [-0.39, 0.29) is 76.0 Å². The van der Waals surface area contributed by atoms with Gasteiger partial charge in [-0.1, -0.05) is 75.5 Å². The summed E-state index contributed by atoms with van der Waals surface area (Å²) >= 11 is 0. The Morgan fingerprint density at radius 2 is 0.962 bits per heavy atom. The lowest BCUT2D eigenvalue weighted by molar-refractivity contribution is -0.149. The molecule has 12 nitrogen and oxygen atoms in total. The number of carbonyl (C=O) groups excluding carboxylic acids is 2. The van der Waals surface area contributed by atoms with E-state index < -0.39 is 72.8 Å². The van der Waals surface area contributed by atoms with Crippen molar-refractivity contribution in [2.45, 2.75) is 166 Å². The van der Waals surface area contributed by atoms with Crippen LogP contribution in [-0.2, 0) is 14.3 Å². The van der Waals surface area contributed by atoms with Crippen LogP contribution in [0.4, 0.5) is 0 Å². The van der Waals surface area contributed by atoms with E-state index in [9.17, 15) is 55.5 Å². The monoisotopic (exact) mass is 738 g/mol. The van der Waals surface area contributed by atoms with Crippen LogP contribution in [0, 0.1) is 11.8 Å². The van der Waals surface area contributed by atoms with Crippen molar-refractivity contribution in [3.63, 3.8) is 0 Å². The highest BCUT2D eigenvalue weighted by atomic mass is 16.5. The molecule has 0 aromatic carbocycles. The van der Waals surface area contributed by atoms with Gasteiger partial charge in [0.15, 0.2) is 0 Å². The maximum Gasteiger partial charge on any atom is 0.334 e. The number of cyclic esters (lactones) is 1. The number of esters is 1. The van der Waals surface area contributed by atoms with Gasteiger partial charge in [-0.3, -0.25) is 4.79 Å². The topological polar surface area (TPSA) is 225 Å². The van der Waals surface area contributed by atoms with Gasteiger partial charge in [-0.2, -0.15) is 0 Å². The predicted molar refractivity (Wildman–Crippen MR) is 199 cm³/mol. The zero-order valence-corrected chi connectivity index (χ0v) is 31.4. The third-order valence-electron chi connectivity index (χ3n) is 9.03. The first kappa shape index (κ1) is 47.5. The molecule has 52 heavy (non-hydrogen) atoms. The fraction of sp³-hybridized carbons (Fsp3) is 0.700. The molecular weight excluding hydrogens is 672 g/mol. The molecule has 11 atom stereocenters. The fourth-order valence-electron chi connectivity index (χ4n) is 6.32. The zero-order chi connectivity index (χ0) is 39.2. The lowest BCUT2D eigenvalue weighted by Crippen LogP contribution is -2.32. The van der Waals surface area contributed by atoms with Gasteiger partial charge in [0.05, 0.1) is 54.9 Å². The zero-order valence-electron chi connectivity index (χ0n) is 31.4. The fourth-order valence-corrected chi connectivity index (χ4v) is 6.32. The van der Waals surface area contributed by atoms with E-state index in [2.05, 4.69) is 0 Å². The van der Waals surface area contributed by atoms with Gasteiger partial charge in [-0.15, -0.1) is 0 Å². The molecule has 0 amide bonds. The largest absolute Gasteiger partial charge is 0.458 e. The minimum atomic E-state index is -1.22. The van der Waals surface area contributed by atoms with Gasteiger partial charge in [0.2, 0.25) is 0 Å². The summed E-state index contributed by atoms with van der Waals surface area (Å²) in [5.74, 6) is -0.939. The lowest BCUT2D eigenvalue weighted by Gasteiger charge is -2.28. The first-order valence-corrected chi connectivity index (χ1v) is 18.6. The molecule has 0 saturated heterocycles. The Kier molecular flexibility index (Phi) is 24.0. The molecule has 0 saturated carbocycles. The van der Waals surface area contributed by atoms with Gasteiger partial charge < -0.3 is 50.7 Å². The molecule has 0 aliphatic carbocycles. The summed E-state index contributed by atoms with van der Waals surface area (Å²) in [5.41, 5.74) is 0.425. The third-order valence-corrected chi connectivity index (χ3v) is 9.03. The van der Waals surface area contributed by atoms with Crippen molar-refractivity contribution < 1.29 is 60.3 Å². The summed E-state index contributed by atoms with van der Waals surface area (Å²) < 4.78 is 5.83. The molecule has 0 aromatic rings. The number of hydrogen-bond donors (Lipinski definition) is 9. The van der Waals surface area contributed by atoms with Crippen LogP contribution in [-0.4, -0.2) is 119 Å². The summed E-state index contributed by atoms with van der Waals surface area (Å²) in [5, 5.41) is 93.3. The number of allylic oxidation sites excluding steroid dienone is 8. The number of ketones is 1. The lowest BCUT2D eigenvalue weighted by atomic mass is 9.89. The standard InChI is InChI=1S/C40H66O12/c1-26(2)39-27(3)15-16-30(42)18-32(44)20-34(46)22-36(48)24-38(50)25-37(49)23-35(47)21-33(45)19-31(43)17-29(41)14-12-10-8-6-5-7-9-11-13-28(4)40(51)52-39/h5-13,26-27,29-32,34-39,41-44,46-50H,14-25H2,1-4H3/b7-5+,8-6+,11-9+,12-10+,28-13+/t27-,29+,30+,31-,32-,34-,35+,36-,37+,38+,39-/m0/s1. The van der Waals surface area contributed by atoms with Crippen molar-refractivity contribution in [3.05, 3.63) is 60.3 Å². The molecule has 0 aromatic heterocycles. The van der Waals surface area contributed by atoms with Crippen LogP contribution < -0.4 is 0 Å². The van der Waals surface area contributed by atoms with Crippen molar-refractivity contribution >= 4 is 11.8 Å². The van der Waals surface area contributed by atoms with Gasteiger partial charge in [-0.05, 0) is 83.0 Å². The predicted octanol–water partition coefficient (Wildman–Crippen LogP) is 2.87. The Hall–Kier alpha value is -2.52. The number of Topliss-reactive ketones (excluding diaryl/α,β-unsaturated/α-hetero) is 1. The minimum absolute atomic E-state index is 0.00167. The molecule has 1 aliphatic heterocycles. The molecule has 0 radical (unpaired) electrons. The maximum atomic E-state index is 12.8. The smallest absolute Gasteiger partial charge is 0.334 e. The van der Waals surface area contributed by atoms with E-state index in [0.717, 1.165) is 0 Å². The number of ether oxygens (including phenoxy) is 1. The van der Waals surface area contributed by atoms with Crippen LogP contribution in [0.25, 0.3) is 0 Å². The Labute approximate surface area is 309 Å². The SMILES string of the molecule is C\C1=C/C=C/C=C/C=C/C=C/C[C@@H](O)C[C@H](O)CC(=O)C[C@@H](O)C[C@@H](O)C[C@H](O)C[C@@H](O)C[C@@H](O)C[C@@H](O)C[C@H](O)CC[C@H](C)[C@H](C(C)C)OC1=O. The van der Waals surface area contributed by atoms with E-state index in [1.54, 1.807) is 61.6 Å². The Morgan fingerprint density at radius 3 is 1.44 bits per heavy atom. The van der Waals surface area contributed by atoms with Crippen molar-refractivity contribution in [2.24, 2.45) is 11.8 Å². The normalized spacial score (nSPS) is 38.3. The van der Waals surface area contributed by atoms with Crippen molar-refractivity contribution in [1.29, 1.82) is 0 Å². The van der Waals surface area contributed by atoms with Gasteiger partial charge in [0.1, 0.15) is 11.9 Å². The van der Waals surface area contributed by atoms with Crippen LogP contribution in [0.3, 0.4) is 0 Å². The molecule has 12 heteroatoms. The molecule has 0 fully saturated rings. The van der Waals surface area contributed by atoms with Gasteiger partial charge in [-0.25, -0.2) is 4.79 Å². The minimum Gasteiger partial charge on any atom is -0.458 e. The molecule has 9 N–H and O–H groups in total. The van der Waals surface area contributed by atoms with Gasteiger partial charge >= 0.3 is 5.97 Å². The van der Waals surface area contributed by atoms with E-state index in [1.807, 2.05) is 20.8 Å². The van der Waals surface area contributed by atoms with Crippen LogP contribution in [0.1, 0.15) is 105 Å². The first-order valence-electron chi connectivity index (χ1n) is 18.6. The Bertz CT molecular complexity index is 1160. The van der Waals surface area contributed by atoms with Crippen LogP contribution in [0.15, 0.2) is 60.3 Å². The second-order valence-electron chi connectivity index (χ2n) is 14.8. The number of carbonyl (C=O) groups is 2. The molecule has 0 spiro atoms. The highest BCUT2D eigenvalue weighted by Crippen LogP contribution is 2.25. The Morgan fingerprint density at radius 1 is 0.558 bits per heavy atom. The number of hydrogen-bond acceptors (Lipinski definition) is 12. The van der Waals surface area contributed by atoms with Crippen LogP contribution in [0.2, 0.25) is 0 Å². The number of aliphatic hydroxyl groups excluding tert-OH is 9. The average Bonchev–Trinajstić information content (AvgIpc) is 3.01. The van der Waals surface area contributed by atoms with Crippen molar-refractivity contribution in [3.8, 4) is 0 Å². The molecular formula is C40H66O12. The summed E-state index contributed by atoms with van der Waals surface area (Å²) in [6.45, 7) is 7.53. The first-order chi connectivity index (χ1) is 24.5. The van der Waals surface area contributed by atoms with E-state index in [0.29, 0.717) is 18.4 Å². The quantitative estimate of drug-likeness (QED) is 0.177. The van der Waals surface area contributed by atoms with Gasteiger partial charge in [0.25, 0.3) is 0 Å². The van der Waals surface area contributed by atoms with Crippen molar-refractivity contribution in [1.82, 2.24) is 0 Å². The summed E-state index contributed by atoms with van der Waals surface area (Å²) in [7, 11) is 0. The van der Waals surface area contributed by atoms with E-state index >= 15 is 0 Å². The molecule has 1 heterocycles. The highest BCUT2D eigenvalue weighted by Gasteiger charge is 2.27. The van der Waals surface area contributed by atoms with E-state index in [4.69, 9.17) is 4.74 Å². The second kappa shape index (κ2) is 26.3. The molecule has 0 bridgehead atoms. The Balaban J connectivity index is 2.95. The molecule has 1 rings (SSSR count). The number of rotatable bonds is 1. The van der Waals surface area contributed by atoms with Crippen LogP contribution >= 0.6 is 0 Å². The average molecular weight is 739 g/mol. The molecule has 1 aliphatic rings. The summed E-state index contributed by atoms with van der Waals surface area (Å²) in [4.78, 5) is 25.2.